The summed E-state index contributed by atoms with van der Waals surface area (Å²) in [5.74, 6) is 0.483. The fraction of sp³-hybridized carbons (Fsp3) is 0.368. The number of imidazole rings is 1. The molecule has 26 heavy (non-hydrogen) atoms. The highest BCUT2D eigenvalue weighted by molar-refractivity contribution is 7.15. The van der Waals surface area contributed by atoms with Gasteiger partial charge in [-0.05, 0) is 30.9 Å². The normalized spacial score (nSPS) is 17.8. The zero-order valence-corrected chi connectivity index (χ0v) is 16.1. The molecule has 0 unspecified atom stereocenters. The summed E-state index contributed by atoms with van der Waals surface area (Å²) < 4.78 is 7.17. The third-order valence-electron chi connectivity index (χ3n) is 4.78. The second-order valence-corrected chi connectivity index (χ2v) is 7.89. The Morgan fingerprint density at radius 3 is 2.96 bits per heavy atom. The van der Waals surface area contributed by atoms with Crippen LogP contribution in [0.25, 0.3) is 16.2 Å². The summed E-state index contributed by atoms with van der Waals surface area (Å²) >= 11 is 7.45. The summed E-state index contributed by atoms with van der Waals surface area (Å²) in [5.41, 5.74) is 2.51. The van der Waals surface area contributed by atoms with E-state index < -0.39 is 0 Å². The molecule has 136 valence electrons. The van der Waals surface area contributed by atoms with Gasteiger partial charge >= 0.3 is 0 Å². The third kappa shape index (κ3) is 3.37. The SMILES string of the molecule is COC[C@@H]1CCCN(C(=O)c2csc3nc(-c4ccc(Cl)cc4)cn23)C1. The minimum Gasteiger partial charge on any atom is -0.384 e. The first-order valence-electron chi connectivity index (χ1n) is 8.66. The molecule has 4 rings (SSSR count). The van der Waals surface area contributed by atoms with Gasteiger partial charge in [-0.2, -0.15) is 0 Å². The highest BCUT2D eigenvalue weighted by atomic mass is 35.5. The van der Waals surface area contributed by atoms with Crippen LogP contribution in [0, 0.1) is 5.92 Å². The summed E-state index contributed by atoms with van der Waals surface area (Å²) in [6.45, 7) is 2.26. The highest BCUT2D eigenvalue weighted by Crippen LogP contribution is 2.26. The van der Waals surface area contributed by atoms with E-state index in [2.05, 4.69) is 4.98 Å². The van der Waals surface area contributed by atoms with Gasteiger partial charge in [-0.1, -0.05) is 23.7 Å². The maximum atomic E-state index is 13.0. The molecular formula is C19H20ClN3O2S. The van der Waals surface area contributed by atoms with Crippen LogP contribution in [-0.2, 0) is 4.74 Å². The van der Waals surface area contributed by atoms with E-state index in [1.807, 2.05) is 45.1 Å². The van der Waals surface area contributed by atoms with Crippen molar-refractivity contribution in [2.75, 3.05) is 26.8 Å². The molecule has 1 aromatic carbocycles. The number of carbonyl (C=O) groups excluding carboxylic acids is 1. The largest absolute Gasteiger partial charge is 0.384 e. The molecule has 1 aliphatic rings. The monoisotopic (exact) mass is 389 g/mol. The third-order valence-corrected chi connectivity index (χ3v) is 5.87. The molecule has 0 N–H and O–H groups in total. The van der Waals surface area contributed by atoms with Crippen LogP contribution >= 0.6 is 22.9 Å². The number of methoxy groups -OCH3 is 1. The lowest BCUT2D eigenvalue weighted by Gasteiger charge is -2.32. The molecule has 0 aliphatic carbocycles. The van der Waals surface area contributed by atoms with Gasteiger partial charge < -0.3 is 9.64 Å². The van der Waals surface area contributed by atoms with Gasteiger partial charge in [0.25, 0.3) is 5.91 Å². The van der Waals surface area contributed by atoms with Gasteiger partial charge in [0, 0.05) is 42.4 Å². The van der Waals surface area contributed by atoms with Crippen LogP contribution in [0.3, 0.4) is 0 Å². The number of amides is 1. The van der Waals surface area contributed by atoms with Crippen molar-refractivity contribution in [2.45, 2.75) is 12.8 Å². The van der Waals surface area contributed by atoms with E-state index in [9.17, 15) is 4.79 Å². The summed E-state index contributed by atoms with van der Waals surface area (Å²) in [7, 11) is 1.72. The molecule has 0 saturated carbocycles. The Kier molecular flexibility index (Phi) is 4.98. The first-order chi connectivity index (χ1) is 12.7. The van der Waals surface area contributed by atoms with Crippen LogP contribution in [-0.4, -0.2) is 47.0 Å². The van der Waals surface area contributed by atoms with Crippen molar-refractivity contribution < 1.29 is 9.53 Å². The minimum absolute atomic E-state index is 0.0668. The lowest BCUT2D eigenvalue weighted by molar-refractivity contribution is 0.0565. The van der Waals surface area contributed by atoms with Crippen molar-refractivity contribution in [1.29, 1.82) is 0 Å². The van der Waals surface area contributed by atoms with Gasteiger partial charge in [-0.15, -0.1) is 11.3 Å². The van der Waals surface area contributed by atoms with Crippen LogP contribution in [0.2, 0.25) is 5.02 Å². The van der Waals surface area contributed by atoms with Crippen LogP contribution in [0.5, 0.6) is 0 Å². The number of nitrogens with zero attached hydrogens (tertiary/aromatic N) is 3. The number of fused-ring (bicyclic) bond motifs is 1. The number of aromatic nitrogens is 2. The fourth-order valence-electron chi connectivity index (χ4n) is 3.48. The fourth-order valence-corrected chi connectivity index (χ4v) is 4.45. The number of benzene rings is 1. The Bertz CT molecular complexity index is 917. The van der Waals surface area contributed by atoms with Gasteiger partial charge in [-0.3, -0.25) is 9.20 Å². The van der Waals surface area contributed by atoms with Gasteiger partial charge in [0.1, 0.15) is 5.69 Å². The number of carbonyl (C=O) groups is 1. The Balaban J connectivity index is 1.60. The first-order valence-corrected chi connectivity index (χ1v) is 9.92. The summed E-state index contributed by atoms with van der Waals surface area (Å²) in [5, 5.41) is 2.59. The molecule has 1 saturated heterocycles. The van der Waals surface area contributed by atoms with Crippen LogP contribution in [0.1, 0.15) is 23.3 Å². The summed E-state index contributed by atoms with van der Waals surface area (Å²) in [6, 6.07) is 7.58. The molecule has 0 bridgehead atoms. The van der Waals surface area contributed by atoms with E-state index in [-0.39, 0.29) is 5.91 Å². The van der Waals surface area contributed by atoms with Crippen molar-refractivity contribution in [3.63, 3.8) is 0 Å². The number of likely N-dealkylation sites (tertiary alicyclic amines) is 1. The number of halogens is 1. The highest BCUT2D eigenvalue weighted by Gasteiger charge is 2.26. The standard InChI is InChI=1S/C19H20ClN3O2S/c1-25-11-13-3-2-8-22(9-13)18(24)17-12-26-19-21-16(10-23(17)19)14-4-6-15(20)7-5-14/h4-7,10,12-13H,2-3,8-9,11H2,1H3/t13-/m1/s1. The maximum absolute atomic E-state index is 13.0. The van der Waals surface area contributed by atoms with Crippen LogP contribution < -0.4 is 0 Å². The number of rotatable bonds is 4. The van der Waals surface area contributed by atoms with Crippen molar-refractivity contribution in [2.24, 2.45) is 5.92 Å². The number of thiazole rings is 1. The lowest BCUT2D eigenvalue weighted by atomic mass is 9.99. The molecule has 0 spiro atoms. The van der Waals surface area contributed by atoms with Gasteiger partial charge in [-0.25, -0.2) is 4.98 Å². The molecule has 0 radical (unpaired) electrons. The Morgan fingerprint density at radius 1 is 1.38 bits per heavy atom. The zero-order valence-electron chi connectivity index (χ0n) is 14.5. The van der Waals surface area contributed by atoms with Crippen molar-refractivity contribution in [3.8, 4) is 11.3 Å². The second-order valence-electron chi connectivity index (χ2n) is 6.62. The molecule has 1 fully saturated rings. The Hall–Kier alpha value is -1.89. The van der Waals surface area contributed by atoms with Gasteiger partial charge in [0.15, 0.2) is 4.96 Å². The van der Waals surface area contributed by atoms with Crippen LogP contribution in [0.4, 0.5) is 0 Å². The maximum Gasteiger partial charge on any atom is 0.271 e. The molecule has 5 nitrogen and oxygen atoms in total. The Labute approximate surface area is 161 Å². The van der Waals surface area contributed by atoms with E-state index in [1.165, 1.54) is 11.3 Å². The first kappa shape index (κ1) is 17.5. The molecule has 3 aromatic rings. The van der Waals surface area contributed by atoms with Crippen LogP contribution in [0.15, 0.2) is 35.8 Å². The molecule has 2 aromatic heterocycles. The number of ether oxygens (including phenoxy) is 1. The second kappa shape index (κ2) is 7.39. The van der Waals surface area contributed by atoms with Gasteiger partial charge in [0.2, 0.25) is 0 Å². The molecule has 1 amide bonds. The van der Waals surface area contributed by atoms with E-state index in [0.29, 0.717) is 23.2 Å². The molecular weight excluding hydrogens is 370 g/mol. The quantitative estimate of drug-likeness (QED) is 0.671. The lowest BCUT2D eigenvalue weighted by Crippen LogP contribution is -2.41. The predicted molar refractivity (Wildman–Crippen MR) is 104 cm³/mol. The zero-order chi connectivity index (χ0) is 18.1. The number of hydrogen-bond donors (Lipinski definition) is 0. The van der Waals surface area contributed by atoms with E-state index >= 15 is 0 Å². The topological polar surface area (TPSA) is 46.8 Å². The Morgan fingerprint density at radius 2 is 2.19 bits per heavy atom. The van der Waals surface area contributed by atoms with E-state index in [4.69, 9.17) is 16.3 Å². The molecule has 1 aliphatic heterocycles. The minimum atomic E-state index is 0.0668. The summed E-state index contributed by atoms with van der Waals surface area (Å²) in [6.07, 6.45) is 4.06. The number of hydrogen-bond acceptors (Lipinski definition) is 4. The number of piperidine rings is 1. The molecule has 3 heterocycles. The predicted octanol–water partition coefficient (Wildman–Crippen LogP) is 4.21. The molecule has 7 heteroatoms. The van der Waals surface area contributed by atoms with Crippen molar-refractivity contribution in [3.05, 3.63) is 46.6 Å². The van der Waals surface area contributed by atoms with Crippen molar-refractivity contribution >= 4 is 33.8 Å². The average molecular weight is 390 g/mol. The molecule has 1 atom stereocenters. The average Bonchev–Trinajstić information content (AvgIpc) is 3.23. The van der Waals surface area contributed by atoms with Gasteiger partial charge in [0.05, 0.1) is 12.3 Å². The summed E-state index contributed by atoms with van der Waals surface area (Å²) in [4.78, 5) is 20.5. The van der Waals surface area contributed by atoms with Crippen molar-refractivity contribution in [1.82, 2.24) is 14.3 Å². The van der Waals surface area contributed by atoms with E-state index in [0.717, 1.165) is 42.1 Å². The smallest absolute Gasteiger partial charge is 0.271 e. The van der Waals surface area contributed by atoms with E-state index in [1.54, 1.807) is 7.11 Å².